The maximum atomic E-state index is 10.9. The van der Waals surface area contributed by atoms with E-state index in [1.165, 1.54) is 37.4 Å². The molecule has 0 amide bonds. The molecule has 0 aliphatic carbocycles. The minimum atomic E-state index is -1.11. The highest BCUT2D eigenvalue weighted by molar-refractivity contribution is 5.88. The largest absolute Gasteiger partial charge is 0.493 e. The number of nitrogens with zero attached hydrogens (tertiary/aromatic N) is 2. The SMILES string of the molecule is COc1ccc(C(=O)O)cc1Oc1ccc([N+](=O)[O-])cn1. The predicted molar refractivity (Wildman–Crippen MR) is 70.9 cm³/mol. The molecule has 0 saturated heterocycles. The lowest BCUT2D eigenvalue weighted by molar-refractivity contribution is -0.385. The Morgan fingerprint density at radius 2 is 2.05 bits per heavy atom. The Hall–Kier alpha value is -3.16. The second-order valence-corrected chi connectivity index (χ2v) is 3.88. The predicted octanol–water partition coefficient (Wildman–Crippen LogP) is 2.49. The number of methoxy groups -OCH3 is 1. The zero-order valence-electron chi connectivity index (χ0n) is 10.8. The van der Waals surface area contributed by atoms with Crippen LogP contribution in [0.1, 0.15) is 10.4 Å². The topological polar surface area (TPSA) is 112 Å². The molecule has 2 rings (SSSR count). The summed E-state index contributed by atoms with van der Waals surface area (Å²) in [5.74, 6) is -0.556. The Balaban J connectivity index is 2.31. The van der Waals surface area contributed by atoms with Gasteiger partial charge < -0.3 is 14.6 Å². The van der Waals surface area contributed by atoms with Crippen molar-refractivity contribution in [1.82, 2.24) is 4.98 Å². The number of carbonyl (C=O) groups is 1. The molecule has 8 nitrogen and oxygen atoms in total. The number of ether oxygens (including phenoxy) is 2. The van der Waals surface area contributed by atoms with Gasteiger partial charge in [-0.3, -0.25) is 10.1 Å². The van der Waals surface area contributed by atoms with Crippen LogP contribution in [0, 0.1) is 10.1 Å². The highest BCUT2D eigenvalue weighted by Crippen LogP contribution is 2.32. The van der Waals surface area contributed by atoms with Crippen molar-refractivity contribution in [3.8, 4) is 17.4 Å². The van der Waals surface area contributed by atoms with E-state index in [0.29, 0.717) is 5.75 Å². The molecule has 0 saturated carbocycles. The lowest BCUT2D eigenvalue weighted by Gasteiger charge is -2.10. The number of carboxylic acids is 1. The quantitative estimate of drug-likeness (QED) is 0.664. The number of carboxylic acid groups (broad SMARTS) is 1. The highest BCUT2D eigenvalue weighted by Gasteiger charge is 2.12. The zero-order valence-corrected chi connectivity index (χ0v) is 10.8. The van der Waals surface area contributed by atoms with Gasteiger partial charge in [0.15, 0.2) is 11.5 Å². The summed E-state index contributed by atoms with van der Waals surface area (Å²) in [6.07, 6.45) is 1.04. The smallest absolute Gasteiger partial charge is 0.335 e. The fraction of sp³-hybridized carbons (Fsp3) is 0.0769. The van der Waals surface area contributed by atoms with Crippen molar-refractivity contribution >= 4 is 11.7 Å². The van der Waals surface area contributed by atoms with Crippen molar-refractivity contribution < 1.29 is 24.3 Å². The van der Waals surface area contributed by atoms with E-state index in [1.54, 1.807) is 0 Å². The summed E-state index contributed by atoms with van der Waals surface area (Å²) < 4.78 is 10.5. The van der Waals surface area contributed by atoms with Crippen molar-refractivity contribution in [2.24, 2.45) is 0 Å². The van der Waals surface area contributed by atoms with Gasteiger partial charge in [-0.25, -0.2) is 9.78 Å². The number of nitro groups is 1. The average Bonchev–Trinajstić information content (AvgIpc) is 2.47. The van der Waals surface area contributed by atoms with Gasteiger partial charge in [0.1, 0.15) is 6.20 Å². The number of hydrogen-bond acceptors (Lipinski definition) is 6. The molecule has 108 valence electrons. The maximum Gasteiger partial charge on any atom is 0.335 e. The molecule has 1 aromatic carbocycles. The van der Waals surface area contributed by atoms with Crippen LogP contribution in [0.3, 0.4) is 0 Å². The standard InChI is InChI=1S/C13H10N2O6/c1-20-10-4-2-8(13(16)17)6-11(10)21-12-5-3-9(7-14-12)15(18)19/h2-7H,1H3,(H,16,17). The number of aromatic nitrogens is 1. The average molecular weight is 290 g/mol. The van der Waals surface area contributed by atoms with Crippen LogP contribution in [0.15, 0.2) is 36.5 Å². The molecule has 0 unspecified atom stereocenters. The molecule has 1 N–H and O–H groups in total. The lowest BCUT2D eigenvalue weighted by atomic mass is 10.2. The molecule has 0 fully saturated rings. The minimum absolute atomic E-state index is 0.0210. The summed E-state index contributed by atoms with van der Waals surface area (Å²) in [5, 5.41) is 19.5. The van der Waals surface area contributed by atoms with E-state index < -0.39 is 10.9 Å². The maximum absolute atomic E-state index is 10.9. The van der Waals surface area contributed by atoms with Crippen LogP contribution in [0.4, 0.5) is 5.69 Å². The Kier molecular flexibility index (Phi) is 3.98. The minimum Gasteiger partial charge on any atom is -0.493 e. The summed E-state index contributed by atoms with van der Waals surface area (Å²) in [4.78, 5) is 24.7. The zero-order chi connectivity index (χ0) is 15.4. The van der Waals surface area contributed by atoms with E-state index in [2.05, 4.69) is 4.98 Å². The number of rotatable bonds is 5. The van der Waals surface area contributed by atoms with Gasteiger partial charge in [0.25, 0.3) is 5.69 Å². The fourth-order valence-electron chi connectivity index (χ4n) is 1.54. The number of hydrogen-bond donors (Lipinski definition) is 1. The van der Waals surface area contributed by atoms with Crippen LogP contribution in [-0.4, -0.2) is 28.1 Å². The molecule has 0 bridgehead atoms. The van der Waals surface area contributed by atoms with Crippen molar-refractivity contribution in [1.29, 1.82) is 0 Å². The van der Waals surface area contributed by atoms with Crippen LogP contribution >= 0.6 is 0 Å². The van der Waals surface area contributed by atoms with Crippen molar-refractivity contribution in [2.75, 3.05) is 7.11 Å². The summed E-state index contributed by atoms with van der Waals surface area (Å²) in [6, 6.07) is 6.65. The first kappa shape index (κ1) is 14.3. The molecule has 0 aliphatic heterocycles. The third kappa shape index (κ3) is 3.24. The van der Waals surface area contributed by atoms with Gasteiger partial charge in [-0.1, -0.05) is 0 Å². The van der Waals surface area contributed by atoms with Gasteiger partial charge in [-0.15, -0.1) is 0 Å². The van der Waals surface area contributed by atoms with Gasteiger partial charge >= 0.3 is 5.97 Å². The van der Waals surface area contributed by atoms with Crippen molar-refractivity contribution in [3.05, 3.63) is 52.2 Å². The van der Waals surface area contributed by atoms with E-state index in [0.717, 1.165) is 6.20 Å². The van der Waals surface area contributed by atoms with Crippen LogP contribution in [-0.2, 0) is 0 Å². The van der Waals surface area contributed by atoms with E-state index >= 15 is 0 Å². The Bertz CT molecular complexity index is 684. The third-order valence-electron chi connectivity index (χ3n) is 2.56. The monoisotopic (exact) mass is 290 g/mol. The molecule has 0 atom stereocenters. The summed E-state index contributed by atoms with van der Waals surface area (Å²) in [6.45, 7) is 0. The van der Waals surface area contributed by atoms with Gasteiger partial charge in [0.2, 0.25) is 5.88 Å². The van der Waals surface area contributed by atoms with E-state index in [9.17, 15) is 14.9 Å². The first-order chi connectivity index (χ1) is 10.0. The molecule has 1 heterocycles. The molecule has 21 heavy (non-hydrogen) atoms. The Morgan fingerprint density at radius 1 is 1.29 bits per heavy atom. The second-order valence-electron chi connectivity index (χ2n) is 3.88. The lowest BCUT2D eigenvalue weighted by Crippen LogP contribution is -1.99. The van der Waals surface area contributed by atoms with E-state index in [-0.39, 0.29) is 22.9 Å². The van der Waals surface area contributed by atoms with E-state index in [1.807, 2.05) is 0 Å². The third-order valence-corrected chi connectivity index (χ3v) is 2.56. The molecule has 2 aromatic rings. The Labute approximate surface area is 118 Å². The Morgan fingerprint density at radius 3 is 2.57 bits per heavy atom. The van der Waals surface area contributed by atoms with E-state index in [4.69, 9.17) is 14.6 Å². The molecule has 0 radical (unpaired) electrons. The molecular formula is C13H10N2O6. The first-order valence-corrected chi connectivity index (χ1v) is 5.71. The van der Waals surface area contributed by atoms with Crippen LogP contribution < -0.4 is 9.47 Å². The van der Waals surface area contributed by atoms with Gasteiger partial charge in [0.05, 0.1) is 17.6 Å². The van der Waals surface area contributed by atoms with Crippen molar-refractivity contribution in [2.45, 2.75) is 0 Å². The normalized spacial score (nSPS) is 9.95. The van der Waals surface area contributed by atoms with Gasteiger partial charge in [-0.2, -0.15) is 0 Å². The molecule has 0 aliphatic rings. The molecular weight excluding hydrogens is 280 g/mol. The first-order valence-electron chi connectivity index (χ1n) is 5.71. The van der Waals surface area contributed by atoms with Gasteiger partial charge in [-0.05, 0) is 18.2 Å². The summed E-state index contributed by atoms with van der Waals surface area (Å²) in [7, 11) is 1.41. The highest BCUT2D eigenvalue weighted by atomic mass is 16.6. The molecule has 0 spiro atoms. The van der Waals surface area contributed by atoms with Crippen molar-refractivity contribution in [3.63, 3.8) is 0 Å². The summed E-state index contributed by atoms with van der Waals surface area (Å²) in [5.41, 5.74) is -0.152. The van der Waals surface area contributed by atoms with Gasteiger partial charge in [0, 0.05) is 12.1 Å². The number of aromatic carboxylic acids is 1. The fourth-order valence-corrected chi connectivity index (χ4v) is 1.54. The summed E-state index contributed by atoms with van der Waals surface area (Å²) >= 11 is 0. The molecule has 8 heteroatoms. The number of pyridine rings is 1. The molecule has 1 aromatic heterocycles. The van der Waals surface area contributed by atoms with Crippen LogP contribution in [0.2, 0.25) is 0 Å². The second kappa shape index (κ2) is 5.87. The van der Waals surface area contributed by atoms with Crippen LogP contribution in [0.25, 0.3) is 0 Å². The van der Waals surface area contributed by atoms with Crippen LogP contribution in [0.5, 0.6) is 17.4 Å². The number of benzene rings is 1.